The molecule has 120 valence electrons. The zero-order valence-electron chi connectivity index (χ0n) is 13.0. The van der Waals surface area contributed by atoms with Gasteiger partial charge < -0.3 is 15.2 Å². The molecule has 1 saturated heterocycles. The monoisotopic (exact) mass is 319 g/mol. The number of hydrogen-bond donors (Lipinski definition) is 2. The van der Waals surface area contributed by atoms with Crippen LogP contribution in [0.2, 0.25) is 0 Å². The predicted molar refractivity (Wildman–Crippen MR) is 92.8 cm³/mol. The first-order chi connectivity index (χ1) is 11.7. The first kappa shape index (κ1) is 14.5. The number of fused-ring (bicyclic) bond motifs is 1. The number of nitrogens with zero attached hydrogens (tertiary/aromatic N) is 1. The van der Waals surface area contributed by atoms with Gasteiger partial charge in [-0.15, -0.1) is 0 Å². The van der Waals surface area contributed by atoms with Crippen molar-refractivity contribution in [1.29, 1.82) is 0 Å². The van der Waals surface area contributed by atoms with E-state index < -0.39 is 0 Å². The van der Waals surface area contributed by atoms with Gasteiger partial charge in [-0.3, -0.25) is 9.59 Å². The molecule has 2 heterocycles. The SMILES string of the molecule is O=C(Nc1ccccc1)C1CN(C(=O)c2c[nH]c3ccccc23)C1. The summed E-state index contributed by atoms with van der Waals surface area (Å²) in [5, 5.41) is 3.80. The Morgan fingerprint density at radius 3 is 2.50 bits per heavy atom. The van der Waals surface area contributed by atoms with Gasteiger partial charge in [0.25, 0.3) is 5.91 Å². The van der Waals surface area contributed by atoms with Crippen LogP contribution >= 0.6 is 0 Å². The first-order valence-electron chi connectivity index (χ1n) is 7.93. The lowest BCUT2D eigenvalue weighted by Gasteiger charge is -2.38. The molecule has 1 aromatic heterocycles. The largest absolute Gasteiger partial charge is 0.360 e. The van der Waals surface area contributed by atoms with E-state index in [0.29, 0.717) is 18.7 Å². The highest BCUT2D eigenvalue weighted by Gasteiger charge is 2.36. The van der Waals surface area contributed by atoms with Crippen LogP contribution in [0.25, 0.3) is 10.9 Å². The fourth-order valence-electron chi connectivity index (χ4n) is 2.99. The molecular weight excluding hydrogens is 302 g/mol. The average molecular weight is 319 g/mol. The van der Waals surface area contributed by atoms with Crippen LogP contribution in [-0.2, 0) is 4.79 Å². The maximum atomic E-state index is 12.6. The van der Waals surface area contributed by atoms with E-state index in [9.17, 15) is 9.59 Å². The Morgan fingerprint density at radius 2 is 1.71 bits per heavy atom. The number of aromatic nitrogens is 1. The van der Waals surface area contributed by atoms with E-state index >= 15 is 0 Å². The number of para-hydroxylation sites is 2. The van der Waals surface area contributed by atoms with Crippen molar-refractivity contribution in [2.24, 2.45) is 5.92 Å². The summed E-state index contributed by atoms with van der Waals surface area (Å²) in [4.78, 5) is 29.6. The molecule has 1 fully saturated rings. The third-order valence-electron chi connectivity index (χ3n) is 4.40. The standard InChI is InChI=1S/C19H17N3O2/c23-18(21-14-6-2-1-3-7-14)13-11-22(12-13)19(24)16-10-20-17-9-5-4-8-15(16)17/h1-10,13,20H,11-12H2,(H,21,23). The van der Waals surface area contributed by atoms with Gasteiger partial charge >= 0.3 is 0 Å². The quantitative estimate of drug-likeness (QED) is 0.779. The van der Waals surface area contributed by atoms with Gasteiger partial charge in [-0.05, 0) is 18.2 Å². The molecule has 0 saturated carbocycles. The minimum atomic E-state index is -0.153. The number of rotatable bonds is 3. The summed E-state index contributed by atoms with van der Waals surface area (Å²) in [5.41, 5.74) is 2.39. The second kappa shape index (κ2) is 5.85. The maximum absolute atomic E-state index is 12.6. The van der Waals surface area contributed by atoms with Gasteiger partial charge in [0.1, 0.15) is 0 Å². The molecule has 5 nitrogen and oxygen atoms in total. The molecule has 0 unspecified atom stereocenters. The van der Waals surface area contributed by atoms with Crippen LogP contribution in [0.15, 0.2) is 60.8 Å². The van der Waals surface area contributed by atoms with E-state index in [4.69, 9.17) is 0 Å². The third kappa shape index (κ3) is 2.54. The van der Waals surface area contributed by atoms with Crippen molar-refractivity contribution in [2.45, 2.75) is 0 Å². The molecule has 4 rings (SSSR count). The fraction of sp³-hybridized carbons (Fsp3) is 0.158. The van der Waals surface area contributed by atoms with Crippen LogP contribution in [0.1, 0.15) is 10.4 Å². The van der Waals surface area contributed by atoms with Gasteiger partial charge in [-0.1, -0.05) is 36.4 Å². The fourth-order valence-corrected chi connectivity index (χ4v) is 2.99. The molecule has 2 aromatic carbocycles. The summed E-state index contributed by atoms with van der Waals surface area (Å²) < 4.78 is 0. The summed E-state index contributed by atoms with van der Waals surface area (Å²) in [6.45, 7) is 0.911. The minimum absolute atomic E-state index is 0.0313. The third-order valence-corrected chi connectivity index (χ3v) is 4.40. The van der Waals surface area contributed by atoms with E-state index in [2.05, 4.69) is 10.3 Å². The topological polar surface area (TPSA) is 65.2 Å². The number of likely N-dealkylation sites (tertiary alicyclic amines) is 1. The normalized spacial score (nSPS) is 14.4. The molecule has 0 atom stereocenters. The number of H-pyrrole nitrogens is 1. The second-order valence-corrected chi connectivity index (χ2v) is 6.01. The lowest BCUT2D eigenvalue weighted by Crippen LogP contribution is -2.54. The van der Waals surface area contributed by atoms with Crippen molar-refractivity contribution in [2.75, 3.05) is 18.4 Å². The van der Waals surface area contributed by atoms with E-state index in [0.717, 1.165) is 16.6 Å². The van der Waals surface area contributed by atoms with E-state index in [-0.39, 0.29) is 17.7 Å². The molecule has 0 spiro atoms. The number of benzene rings is 2. The molecule has 2 N–H and O–H groups in total. The Balaban J connectivity index is 1.40. The molecule has 1 aliphatic rings. The van der Waals surface area contributed by atoms with Gasteiger partial charge in [0, 0.05) is 35.9 Å². The molecular formula is C19H17N3O2. The molecule has 1 aliphatic heterocycles. The van der Waals surface area contributed by atoms with Gasteiger partial charge in [0.15, 0.2) is 0 Å². The molecule has 0 bridgehead atoms. The number of anilines is 1. The smallest absolute Gasteiger partial charge is 0.256 e. The number of amides is 2. The van der Waals surface area contributed by atoms with Crippen molar-refractivity contribution in [3.63, 3.8) is 0 Å². The molecule has 3 aromatic rings. The van der Waals surface area contributed by atoms with Gasteiger partial charge in [-0.25, -0.2) is 0 Å². The van der Waals surface area contributed by atoms with Crippen molar-refractivity contribution in [1.82, 2.24) is 9.88 Å². The van der Waals surface area contributed by atoms with E-state index in [1.54, 1.807) is 11.1 Å². The van der Waals surface area contributed by atoms with Crippen LogP contribution in [0, 0.1) is 5.92 Å². The summed E-state index contributed by atoms with van der Waals surface area (Å²) in [6, 6.07) is 17.1. The Kier molecular flexibility index (Phi) is 3.54. The average Bonchev–Trinajstić information content (AvgIpc) is 2.98. The summed E-state index contributed by atoms with van der Waals surface area (Å²) in [6.07, 6.45) is 1.74. The van der Waals surface area contributed by atoms with Gasteiger partial charge in [-0.2, -0.15) is 0 Å². The van der Waals surface area contributed by atoms with Gasteiger partial charge in [0.05, 0.1) is 11.5 Å². The molecule has 2 amide bonds. The van der Waals surface area contributed by atoms with Crippen molar-refractivity contribution >= 4 is 28.4 Å². The number of aromatic amines is 1. The maximum Gasteiger partial charge on any atom is 0.256 e. The summed E-state index contributed by atoms with van der Waals surface area (Å²) >= 11 is 0. The lowest BCUT2D eigenvalue weighted by atomic mass is 9.97. The summed E-state index contributed by atoms with van der Waals surface area (Å²) in [7, 11) is 0. The Hall–Kier alpha value is -3.08. The van der Waals surface area contributed by atoms with Crippen LogP contribution < -0.4 is 5.32 Å². The number of carbonyl (C=O) groups is 2. The number of carbonyl (C=O) groups excluding carboxylic acids is 2. The van der Waals surface area contributed by atoms with E-state index in [1.165, 1.54) is 0 Å². The lowest BCUT2D eigenvalue weighted by molar-refractivity contribution is -0.123. The predicted octanol–water partition coefficient (Wildman–Crippen LogP) is 2.88. The van der Waals surface area contributed by atoms with Crippen LogP contribution in [-0.4, -0.2) is 34.8 Å². The van der Waals surface area contributed by atoms with Crippen LogP contribution in [0.3, 0.4) is 0 Å². The number of nitrogens with one attached hydrogen (secondary N) is 2. The highest BCUT2D eigenvalue weighted by Crippen LogP contribution is 2.24. The van der Waals surface area contributed by atoms with E-state index in [1.807, 2.05) is 54.6 Å². The molecule has 24 heavy (non-hydrogen) atoms. The first-order valence-corrected chi connectivity index (χ1v) is 7.93. The zero-order chi connectivity index (χ0) is 16.5. The Morgan fingerprint density at radius 1 is 1.00 bits per heavy atom. The Bertz CT molecular complexity index is 895. The van der Waals surface area contributed by atoms with Crippen LogP contribution in [0.5, 0.6) is 0 Å². The van der Waals surface area contributed by atoms with Crippen molar-refractivity contribution < 1.29 is 9.59 Å². The highest BCUT2D eigenvalue weighted by atomic mass is 16.2. The number of hydrogen-bond acceptors (Lipinski definition) is 2. The molecule has 0 radical (unpaired) electrons. The van der Waals surface area contributed by atoms with Crippen LogP contribution in [0.4, 0.5) is 5.69 Å². The Labute approximate surface area is 139 Å². The second-order valence-electron chi connectivity index (χ2n) is 6.01. The summed E-state index contributed by atoms with van der Waals surface area (Å²) in [5.74, 6) is -0.222. The zero-order valence-corrected chi connectivity index (χ0v) is 13.0. The van der Waals surface area contributed by atoms with Crippen molar-refractivity contribution in [3.8, 4) is 0 Å². The highest BCUT2D eigenvalue weighted by molar-refractivity contribution is 6.07. The van der Waals surface area contributed by atoms with Crippen molar-refractivity contribution in [3.05, 3.63) is 66.4 Å². The minimum Gasteiger partial charge on any atom is -0.360 e. The molecule has 5 heteroatoms. The van der Waals surface area contributed by atoms with Gasteiger partial charge in [0.2, 0.25) is 5.91 Å². The molecule has 0 aliphatic carbocycles.